The first-order valence-electron chi connectivity index (χ1n) is 9.05. The van der Waals surface area contributed by atoms with Gasteiger partial charge in [-0.25, -0.2) is 4.99 Å². The third-order valence-corrected chi connectivity index (χ3v) is 4.49. The van der Waals surface area contributed by atoms with Gasteiger partial charge < -0.3 is 9.80 Å². The van der Waals surface area contributed by atoms with E-state index >= 15 is 0 Å². The summed E-state index contributed by atoms with van der Waals surface area (Å²) in [5.41, 5.74) is -3.96. The number of carbonyl (C=O) groups is 2. The second kappa shape index (κ2) is 8.65. The molecule has 0 N–H and O–H groups in total. The summed E-state index contributed by atoms with van der Waals surface area (Å²) in [5.74, 6) is -1.78. The molecule has 166 valence electrons. The lowest BCUT2D eigenvalue weighted by Gasteiger charge is -2.28. The first-order valence-corrected chi connectivity index (χ1v) is 9.05. The molecule has 0 saturated heterocycles. The minimum absolute atomic E-state index is 0.0370. The van der Waals surface area contributed by atoms with E-state index < -0.39 is 46.9 Å². The first kappa shape index (κ1) is 23.7. The zero-order valence-electron chi connectivity index (χ0n) is 16.5. The van der Waals surface area contributed by atoms with Crippen molar-refractivity contribution in [2.24, 2.45) is 10.9 Å². The van der Waals surface area contributed by atoms with E-state index in [0.29, 0.717) is 12.1 Å². The summed E-state index contributed by atoms with van der Waals surface area (Å²) in [6.07, 6.45) is -7.45. The molecule has 0 spiro atoms. The molecular formula is C19H21F6N3O2. The van der Waals surface area contributed by atoms with Crippen LogP contribution < -0.4 is 0 Å². The second-order valence-electron chi connectivity index (χ2n) is 7.42. The van der Waals surface area contributed by atoms with Crippen LogP contribution >= 0.6 is 0 Å². The SMILES string of the molecule is CC(C(=O)N=CN(C)C)N(CC1CC1)C(=O)c1cc(C(F)(F)F)cc(C(F)(F)F)c1. The number of aliphatic imine (C=N–C) groups is 1. The van der Waals surface area contributed by atoms with Gasteiger partial charge in [-0.3, -0.25) is 9.59 Å². The highest BCUT2D eigenvalue weighted by Gasteiger charge is 2.39. The van der Waals surface area contributed by atoms with Crippen LogP contribution in [0.5, 0.6) is 0 Å². The van der Waals surface area contributed by atoms with Crippen molar-refractivity contribution in [3.8, 4) is 0 Å². The molecular weight excluding hydrogens is 416 g/mol. The molecule has 11 heteroatoms. The molecule has 0 aliphatic heterocycles. The third-order valence-electron chi connectivity index (χ3n) is 4.49. The quantitative estimate of drug-likeness (QED) is 0.383. The van der Waals surface area contributed by atoms with Crippen molar-refractivity contribution in [2.75, 3.05) is 20.6 Å². The maximum atomic E-state index is 13.1. The van der Waals surface area contributed by atoms with Crippen LogP contribution in [0, 0.1) is 5.92 Å². The van der Waals surface area contributed by atoms with Crippen molar-refractivity contribution in [2.45, 2.75) is 38.2 Å². The molecule has 0 radical (unpaired) electrons. The summed E-state index contributed by atoms with van der Waals surface area (Å²) >= 11 is 0. The summed E-state index contributed by atoms with van der Waals surface area (Å²) in [5, 5.41) is 0. The van der Waals surface area contributed by atoms with Gasteiger partial charge in [0.15, 0.2) is 0 Å². The summed E-state index contributed by atoms with van der Waals surface area (Å²) in [6.45, 7) is 1.38. The Labute approximate surface area is 169 Å². The molecule has 1 aliphatic carbocycles. The zero-order chi connectivity index (χ0) is 22.9. The lowest BCUT2D eigenvalue weighted by molar-refractivity contribution is -0.143. The van der Waals surface area contributed by atoms with Crippen LogP contribution in [-0.4, -0.2) is 54.6 Å². The number of alkyl halides is 6. The number of rotatable bonds is 6. The van der Waals surface area contributed by atoms with Gasteiger partial charge in [-0.05, 0) is 43.9 Å². The molecule has 2 amide bonds. The van der Waals surface area contributed by atoms with E-state index in [0.717, 1.165) is 17.7 Å². The van der Waals surface area contributed by atoms with Crippen LogP contribution in [-0.2, 0) is 17.1 Å². The molecule has 1 unspecified atom stereocenters. The van der Waals surface area contributed by atoms with Crippen LogP contribution in [0.1, 0.15) is 41.3 Å². The van der Waals surface area contributed by atoms with E-state index in [2.05, 4.69) is 4.99 Å². The van der Waals surface area contributed by atoms with E-state index in [1.807, 2.05) is 0 Å². The molecule has 1 aromatic rings. The highest BCUT2D eigenvalue weighted by Crippen LogP contribution is 2.37. The number of benzene rings is 1. The van der Waals surface area contributed by atoms with Gasteiger partial charge in [0.05, 0.1) is 17.5 Å². The zero-order valence-corrected chi connectivity index (χ0v) is 16.5. The van der Waals surface area contributed by atoms with Crippen LogP contribution in [0.25, 0.3) is 0 Å². The molecule has 0 aromatic heterocycles. The Hall–Kier alpha value is -2.59. The Kier molecular flexibility index (Phi) is 6.83. The highest BCUT2D eigenvalue weighted by atomic mass is 19.4. The Morgan fingerprint density at radius 1 is 1.07 bits per heavy atom. The largest absolute Gasteiger partial charge is 0.416 e. The molecule has 5 nitrogen and oxygen atoms in total. The molecule has 0 heterocycles. The summed E-state index contributed by atoms with van der Waals surface area (Å²) < 4.78 is 78.7. The van der Waals surface area contributed by atoms with Gasteiger partial charge >= 0.3 is 12.4 Å². The van der Waals surface area contributed by atoms with Crippen LogP contribution in [0.3, 0.4) is 0 Å². The van der Waals surface area contributed by atoms with Gasteiger partial charge in [-0.2, -0.15) is 26.3 Å². The molecule has 1 fully saturated rings. The number of hydrogen-bond donors (Lipinski definition) is 0. The third kappa shape index (κ3) is 6.20. The fourth-order valence-electron chi connectivity index (χ4n) is 2.65. The number of carbonyl (C=O) groups excluding carboxylic acids is 2. The van der Waals surface area contributed by atoms with Crippen molar-refractivity contribution in [1.29, 1.82) is 0 Å². The lowest BCUT2D eigenvalue weighted by Crippen LogP contribution is -2.44. The van der Waals surface area contributed by atoms with Crippen LogP contribution in [0.15, 0.2) is 23.2 Å². The summed E-state index contributed by atoms with van der Waals surface area (Å²) in [7, 11) is 3.21. The van der Waals surface area contributed by atoms with Gasteiger partial charge in [-0.15, -0.1) is 0 Å². The minimum atomic E-state index is -5.07. The molecule has 2 rings (SSSR count). The lowest BCUT2D eigenvalue weighted by atomic mass is 10.0. The fourth-order valence-corrected chi connectivity index (χ4v) is 2.65. The van der Waals surface area contributed by atoms with Crippen molar-refractivity contribution >= 4 is 18.2 Å². The van der Waals surface area contributed by atoms with Gasteiger partial charge in [0.1, 0.15) is 6.04 Å². The van der Waals surface area contributed by atoms with Gasteiger partial charge in [0.25, 0.3) is 11.8 Å². The Balaban J connectivity index is 2.45. The van der Waals surface area contributed by atoms with Crippen molar-refractivity contribution < 1.29 is 35.9 Å². The van der Waals surface area contributed by atoms with Crippen LogP contribution in [0.4, 0.5) is 26.3 Å². The highest BCUT2D eigenvalue weighted by molar-refractivity contribution is 5.99. The van der Waals surface area contributed by atoms with E-state index in [1.54, 1.807) is 14.1 Å². The summed E-state index contributed by atoms with van der Waals surface area (Å²) in [4.78, 5) is 31.4. The Bertz CT molecular complexity index is 796. The van der Waals surface area contributed by atoms with E-state index in [4.69, 9.17) is 0 Å². The average molecular weight is 437 g/mol. The Morgan fingerprint density at radius 2 is 1.57 bits per heavy atom. The predicted octanol–water partition coefficient (Wildman–Crippen LogP) is 4.08. The minimum Gasteiger partial charge on any atom is -0.369 e. The smallest absolute Gasteiger partial charge is 0.369 e. The van der Waals surface area contributed by atoms with Gasteiger partial charge in [-0.1, -0.05) is 0 Å². The monoisotopic (exact) mass is 437 g/mol. The number of amides is 2. The van der Waals surface area contributed by atoms with E-state index in [9.17, 15) is 35.9 Å². The number of halogens is 6. The average Bonchev–Trinajstić information content (AvgIpc) is 3.45. The molecule has 1 aliphatic rings. The second-order valence-corrected chi connectivity index (χ2v) is 7.42. The van der Waals surface area contributed by atoms with Gasteiger partial charge in [0, 0.05) is 26.2 Å². The van der Waals surface area contributed by atoms with Crippen molar-refractivity contribution in [1.82, 2.24) is 9.80 Å². The van der Waals surface area contributed by atoms with Gasteiger partial charge in [0.2, 0.25) is 0 Å². The first-order chi connectivity index (χ1) is 13.7. The van der Waals surface area contributed by atoms with E-state index in [-0.39, 0.29) is 18.5 Å². The topological polar surface area (TPSA) is 53.0 Å². The van der Waals surface area contributed by atoms with Crippen LogP contribution in [0.2, 0.25) is 0 Å². The summed E-state index contributed by atoms with van der Waals surface area (Å²) in [6, 6.07) is -0.453. The van der Waals surface area contributed by atoms with Crippen molar-refractivity contribution in [3.63, 3.8) is 0 Å². The molecule has 1 atom stereocenters. The molecule has 1 aromatic carbocycles. The molecule has 0 bridgehead atoms. The maximum Gasteiger partial charge on any atom is 0.416 e. The fraction of sp³-hybridized carbons (Fsp3) is 0.526. The predicted molar refractivity (Wildman–Crippen MR) is 96.9 cm³/mol. The molecule has 1 saturated carbocycles. The Morgan fingerprint density at radius 3 is 1.97 bits per heavy atom. The maximum absolute atomic E-state index is 13.1. The standard InChI is InChI=1S/C19H21F6N3O2/c1-11(16(29)26-10-27(2)3)28(9-12-4-5-12)17(30)13-6-14(18(20,21)22)8-15(7-13)19(23,24)25/h6-8,10-12H,4-5,9H2,1-3H3. The van der Waals surface area contributed by atoms with Crippen molar-refractivity contribution in [3.05, 3.63) is 34.9 Å². The molecule has 30 heavy (non-hydrogen) atoms. The number of hydrogen-bond acceptors (Lipinski definition) is 2. The van der Waals surface area contributed by atoms with E-state index in [1.165, 1.54) is 18.2 Å². The number of nitrogens with zero attached hydrogens (tertiary/aromatic N) is 3. The normalized spacial score (nSPS) is 15.9.